The van der Waals surface area contributed by atoms with Crippen molar-refractivity contribution in [3.63, 3.8) is 0 Å². The summed E-state index contributed by atoms with van der Waals surface area (Å²) in [6.07, 6.45) is 3.78. The van der Waals surface area contributed by atoms with Gasteiger partial charge in [0.25, 0.3) is 0 Å². The van der Waals surface area contributed by atoms with E-state index >= 15 is 0 Å². The van der Waals surface area contributed by atoms with E-state index in [1.165, 1.54) is 0 Å². The lowest BCUT2D eigenvalue weighted by molar-refractivity contribution is 0.0157. The highest BCUT2D eigenvalue weighted by Gasteiger charge is 2.23. The van der Waals surface area contributed by atoms with Crippen LogP contribution < -0.4 is 0 Å². The molecule has 0 aromatic carbocycles. The molecule has 1 unspecified atom stereocenters. The zero-order valence-electron chi connectivity index (χ0n) is 9.23. The molecule has 2 heterocycles. The average Bonchev–Trinajstić information content (AvgIpc) is 2.61. The van der Waals surface area contributed by atoms with Crippen molar-refractivity contribution in [1.29, 1.82) is 0 Å². The van der Waals surface area contributed by atoms with Crippen molar-refractivity contribution in [2.24, 2.45) is 0 Å². The lowest BCUT2D eigenvalue weighted by atomic mass is 10.0. The van der Waals surface area contributed by atoms with Crippen LogP contribution in [0.25, 0.3) is 0 Å². The number of aromatic carboxylic acids is 1. The van der Waals surface area contributed by atoms with Crippen LogP contribution in [0.15, 0.2) is 4.52 Å². The fourth-order valence-corrected chi connectivity index (χ4v) is 2.02. The molecule has 1 aliphatic heterocycles. The summed E-state index contributed by atoms with van der Waals surface area (Å²) >= 11 is 0. The Morgan fingerprint density at radius 2 is 2.38 bits per heavy atom. The van der Waals surface area contributed by atoms with Crippen molar-refractivity contribution < 1.29 is 19.2 Å². The second-order valence-corrected chi connectivity index (χ2v) is 4.06. The summed E-state index contributed by atoms with van der Waals surface area (Å²) in [5.74, 6) is -0.622. The van der Waals surface area contributed by atoms with E-state index in [1.807, 2.05) is 0 Å². The van der Waals surface area contributed by atoms with Crippen LogP contribution in [0.5, 0.6) is 0 Å². The van der Waals surface area contributed by atoms with Gasteiger partial charge in [-0.3, -0.25) is 0 Å². The molecule has 0 radical (unpaired) electrons. The van der Waals surface area contributed by atoms with E-state index in [0.29, 0.717) is 17.9 Å². The number of hydrogen-bond donors (Lipinski definition) is 1. The molecule has 1 saturated heterocycles. The summed E-state index contributed by atoms with van der Waals surface area (Å²) < 4.78 is 10.5. The molecule has 16 heavy (non-hydrogen) atoms. The van der Waals surface area contributed by atoms with E-state index in [-0.39, 0.29) is 11.7 Å². The van der Waals surface area contributed by atoms with Crippen molar-refractivity contribution in [3.05, 3.63) is 17.0 Å². The third kappa shape index (κ3) is 2.24. The van der Waals surface area contributed by atoms with E-state index in [9.17, 15) is 4.79 Å². The normalized spacial score (nSPS) is 20.9. The second-order valence-electron chi connectivity index (χ2n) is 4.06. The van der Waals surface area contributed by atoms with Gasteiger partial charge in [0.05, 0.1) is 6.10 Å². The number of carboxylic acids is 1. The summed E-state index contributed by atoms with van der Waals surface area (Å²) in [6.45, 7) is 2.37. The number of rotatable bonds is 3. The minimum absolute atomic E-state index is 0.0800. The fourth-order valence-electron chi connectivity index (χ4n) is 2.02. The van der Waals surface area contributed by atoms with Crippen molar-refractivity contribution in [2.75, 3.05) is 6.61 Å². The van der Waals surface area contributed by atoms with Gasteiger partial charge in [-0.05, 0) is 26.2 Å². The molecular formula is C11H15NO4. The Labute approximate surface area is 93.4 Å². The highest BCUT2D eigenvalue weighted by atomic mass is 16.5. The van der Waals surface area contributed by atoms with Gasteiger partial charge in [-0.2, -0.15) is 0 Å². The van der Waals surface area contributed by atoms with Crippen LogP contribution in [0.2, 0.25) is 0 Å². The molecule has 0 aliphatic carbocycles. The first-order valence-electron chi connectivity index (χ1n) is 5.48. The molecule has 1 fully saturated rings. The molecule has 5 nitrogen and oxygen atoms in total. The zero-order chi connectivity index (χ0) is 11.5. The van der Waals surface area contributed by atoms with E-state index in [4.69, 9.17) is 14.4 Å². The lowest BCUT2D eigenvalue weighted by Crippen LogP contribution is -2.22. The molecule has 1 aliphatic rings. The van der Waals surface area contributed by atoms with E-state index < -0.39 is 5.97 Å². The van der Waals surface area contributed by atoms with Gasteiger partial charge < -0.3 is 14.4 Å². The molecule has 0 spiro atoms. The maximum absolute atomic E-state index is 11.0. The Morgan fingerprint density at radius 1 is 1.56 bits per heavy atom. The number of carbonyl (C=O) groups is 1. The predicted octanol–water partition coefficient (Wildman–Crippen LogP) is 1.79. The van der Waals surface area contributed by atoms with Gasteiger partial charge in [-0.25, -0.2) is 4.79 Å². The van der Waals surface area contributed by atoms with Crippen molar-refractivity contribution in [3.8, 4) is 0 Å². The minimum Gasteiger partial charge on any atom is -0.477 e. The number of hydrogen-bond acceptors (Lipinski definition) is 4. The highest BCUT2D eigenvalue weighted by Crippen LogP contribution is 2.20. The summed E-state index contributed by atoms with van der Waals surface area (Å²) in [4.78, 5) is 11.0. The van der Waals surface area contributed by atoms with Gasteiger partial charge in [0.1, 0.15) is 17.0 Å². The van der Waals surface area contributed by atoms with Gasteiger partial charge in [-0.15, -0.1) is 0 Å². The monoisotopic (exact) mass is 225 g/mol. The summed E-state index contributed by atoms with van der Waals surface area (Å²) in [7, 11) is 0. The van der Waals surface area contributed by atoms with E-state index in [1.54, 1.807) is 6.92 Å². The number of aryl methyl sites for hydroxylation is 1. The van der Waals surface area contributed by atoms with Crippen LogP contribution in [0.3, 0.4) is 0 Å². The Balaban J connectivity index is 2.11. The van der Waals surface area contributed by atoms with Crippen LogP contribution in [0.1, 0.15) is 41.1 Å². The molecular weight excluding hydrogens is 210 g/mol. The third-order valence-electron chi connectivity index (χ3n) is 2.84. The molecule has 1 aromatic rings. The molecule has 0 saturated carbocycles. The third-order valence-corrected chi connectivity index (χ3v) is 2.84. The van der Waals surface area contributed by atoms with Crippen molar-refractivity contribution in [1.82, 2.24) is 5.16 Å². The van der Waals surface area contributed by atoms with Gasteiger partial charge in [0, 0.05) is 13.0 Å². The fraction of sp³-hybridized carbons (Fsp3) is 0.636. The average molecular weight is 225 g/mol. The standard InChI is InChI=1S/C11H15NO4/c1-7-10(11(13)14)9(12-16-7)6-8-4-2-3-5-15-8/h8H,2-6H2,1H3,(H,13,14). The largest absolute Gasteiger partial charge is 0.477 e. The number of aromatic nitrogens is 1. The molecule has 0 bridgehead atoms. The Bertz CT molecular complexity index is 379. The van der Waals surface area contributed by atoms with Crippen LogP contribution in [-0.4, -0.2) is 28.9 Å². The van der Waals surface area contributed by atoms with Crippen LogP contribution in [0.4, 0.5) is 0 Å². The molecule has 5 heteroatoms. The topological polar surface area (TPSA) is 72.6 Å². The molecule has 1 aromatic heterocycles. The zero-order valence-corrected chi connectivity index (χ0v) is 9.23. The smallest absolute Gasteiger partial charge is 0.341 e. The minimum atomic E-state index is -0.982. The molecule has 1 atom stereocenters. The number of nitrogens with zero attached hydrogens (tertiary/aromatic N) is 1. The quantitative estimate of drug-likeness (QED) is 0.849. The van der Waals surface area contributed by atoms with E-state index in [0.717, 1.165) is 25.9 Å². The second kappa shape index (κ2) is 4.65. The number of carboxylic acid groups (broad SMARTS) is 1. The molecule has 88 valence electrons. The summed E-state index contributed by atoms with van der Waals surface area (Å²) in [5.41, 5.74) is 0.686. The maximum Gasteiger partial charge on any atom is 0.341 e. The van der Waals surface area contributed by atoms with E-state index in [2.05, 4.69) is 5.16 Å². The van der Waals surface area contributed by atoms with Gasteiger partial charge >= 0.3 is 5.97 Å². The molecule has 0 amide bonds. The molecule has 2 rings (SSSR count). The first-order valence-corrected chi connectivity index (χ1v) is 5.48. The Hall–Kier alpha value is -1.36. The van der Waals surface area contributed by atoms with Crippen LogP contribution >= 0.6 is 0 Å². The SMILES string of the molecule is Cc1onc(CC2CCCCO2)c1C(=O)O. The van der Waals surface area contributed by atoms with Crippen LogP contribution in [0, 0.1) is 6.92 Å². The van der Waals surface area contributed by atoms with Gasteiger partial charge in [-0.1, -0.05) is 5.16 Å². The van der Waals surface area contributed by atoms with Crippen molar-refractivity contribution in [2.45, 2.75) is 38.7 Å². The lowest BCUT2D eigenvalue weighted by Gasteiger charge is -2.21. The number of ether oxygens (including phenoxy) is 1. The van der Waals surface area contributed by atoms with Crippen molar-refractivity contribution >= 4 is 5.97 Å². The first-order chi connectivity index (χ1) is 7.68. The first kappa shape index (κ1) is 11.1. The Kier molecular flexibility index (Phi) is 3.24. The Morgan fingerprint density at radius 3 is 3.00 bits per heavy atom. The highest BCUT2D eigenvalue weighted by molar-refractivity contribution is 5.89. The van der Waals surface area contributed by atoms with Gasteiger partial charge in [0.2, 0.25) is 0 Å². The molecule has 1 N–H and O–H groups in total. The van der Waals surface area contributed by atoms with Gasteiger partial charge in [0.15, 0.2) is 0 Å². The predicted molar refractivity (Wildman–Crippen MR) is 55.5 cm³/mol. The maximum atomic E-state index is 11.0. The van der Waals surface area contributed by atoms with Crippen LogP contribution in [-0.2, 0) is 11.2 Å². The summed E-state index contributed by atoms with van der Waals surface area (Å²) in [6, 6.07) is 0. The summed E-state index contributed by atoms with van der Waals surface area (Å²) in [5, 5.41) is 12.8.